The van der Waals surface area contributed by atoms with E-state index in [0.717, 1.165) is 4.90 Å². The van der Waals surface area contributed by atoms with Crippen molar-refractivity contribution in [2.75, 3.05) is 25.0 Å². The first-order valence-corrected chi connectivity index (χ1v) is 6.92. The van der Waals surface area contributed by atoms with Gasteiger partial charge in [0.25, 0.3) is 0 Å². The summed E-state index contributed by atoms with van der Waals surface area (Å²) in [7, 11) is 0. The summed E-state index contributed by atoms with van der Waals surface area (Å²) in [6, 6.07) is 2.46. The Morgan fingerprint density at radius 3 is 2.78 bits per heavy atom. The molecule has 1 aliphatic heterocycles. The van der Waals surface area contributed by atoms with Crippen molar-refractivity contribution < 1.29 is 23.1 Å². The number of likely N-dealkylation sites (tertiary alicyclic amines) is 1. The second-order valence-electron chi connectivity index (χ2n) is 5.36. The van der Waals surface area contributed by atoms with Crippen LogP contribution >= 0.6 is 0 Å². The average molecular weight is 329 g/mol. The lowest BCUT2D eigenvalue weighted by Crippen LogP contribution is -2.35. The predicted octanol–water partition coefficient (Wildman–Crippen LogP) is 1.36. The third-order valence-corrected chi connectivity index (χ3v) is 3.91. The van der Waals surface area contributed by atoms with E-state index in [4.69, 9.17) is 5.11 Å². The Morgan fingerprint density at radius 1 is 1.35 bits per heavy atom. The number of carbonyl (C=O) groups excluding carboxylic acids is 1. The van der Waals surface area contributed by atoms with Crippen LogP contribution in [0.25, 0.3) is 5.65 Å². The molecule has 1 fully saturated rings. The lowest BCUT2D eigenvalue weighted by molar-refractivity contribution is -0.182. The van der Waals surface area contributed by atoms with Crippen LogP contribution < -0.4 is 5.32 Å². The fourth-order valence-electron chi connectivity index (χ4n) is 2.71. The highest BCUT2D eigenvalue weighted by Crippen LogP contribution is 2.37. The van der Waals surface area contributed by atoms with Crippen LogP contribution in [0.3, 0.4) is 0 Å². The van der Waals surface area contributed by atoms with Gasteiger partial charge >= 0.3 is 12.2 Å². The van der Waals surface area contributed by atoms with E-state index in [9.17, 15) is 18.0 Å². The van der Waals surface area contributed by atoms with Crippen molar-refractivity contribution >= 4 is 17.5 Å². The van der Waals surface area contributed by atoms with Crippen LogP contribution in [0.15, 0.2) is 24.5 Å². The maximum Gasteiger partial charge on any atom is 0.393 e. The summed E-state index contributed by atoms with van der Waals surface area (Å²) in [6.45, 7) is -1.25. The fraction of sp³-hybridized carbons (Fsp3) is 0.462. The summed E-state index contributed by atoms with van der Waals surface area (Å²) in [6.07, 6.45) is -1.49. The van der Waals surface area contributed by atoms with Crippen molar-refractivity contribution in [1.82, 2.24) is 19.5 Å². The number of amides is 2. The first kappa shape index (κ1) is 15.5. The summed E-state index contributed by atoms with van der Waals surface area (Å²) in [5.41, 5.74) is 0.505. The summed E-state index contributed by atoms with van der Waals surface area (Å²) >= 11 is 0. The molecule has 0 aromatic carbocycles. The molecule has 3 rings (SSSR count). The second-order valence-corrected chi connectivity index (χ2v) is 5.36. The molecule has 23 heavy (non-hydrogen) atoms. The molecule has 2 aromatic heterocycles. The SMILES string of the molecule is O=C(Nc1ccnc2ccnn12)N1C[C@@H](CO)[C@H](C(F)(F)F)C1. The molecule has 0 saturated carbocycles. The minimum atomic E-state index is -4.45. The lowest BCUT2D eigenvalue weighted by atomic mass is 9.97. The number of halogens is 3. The third kappa shape index (κ3) is 2.93. The molecule has 0 unspecified atom stereocenters. The number of nitrogens with zero attached hydrogens (tertiary/aromatic N) is 4. The van der Waals surface area contributed by atoms with Crippen LogP contribution in [0.4, 0.5) is 23.8 Å². The summed E-state index contributed by atoms with van der Waals surface area (Å²) in [5.74, 6) is -2.43. The Morgan fingerprint density at radius 2 is 2.13 bits per heavy atom. The van der Waals surface area contributed by atoms with Crippen LogP contribution in [0.1, 0.15) is 0 Å². The van der Waals surface area contributed by atoms with Crippen LogP contribution in [0, 0.1) is 11.8 Å². The predicted molar refractivity (Wildman–Crippen MR) is 73.7 cm³/mol. The number of nitrogens with one attached hydrogen (secondary N) is 1. The molecule has 1 saturated heterocycles. The van der Waals surface area contributed by atoms with Gasteiger partial charge in [0.1, 0.15) is 5.82 Å². The Bertz CT molecular complexity index is 717. The second kappa shape index (κ2) is 5.69. The number of urea groups is 1. The normalized spacial score (nSPS) is 21.8. The molecule has 1 aliphatic rings. The topological polar surface area (TPSA) is 82.8 Å². The van der Waals surface area contributed by atoms with Gasteiger partial charge in [-0.15, -0.1) is 0 Å². The summed E-state index contributed by atoms with van der Waals surface area (Å²) in [4.78, 5) is 17.3. The number of rotatable bonds is 2. The fourth-order valence-corrected chi connectivity index (χ4v) is 2.71. The Hall–Kier alpha value is -2.36. The highest BCUT2D eigenvalue weighted by atomic mass is 19.4. The van der Waals surface area contributed by atoms with Gasteiger partial charge in [0.2, 0.25) is 0 Å². The Labute approximate surface area is 128 Å². The van der Waals surface area contributed by atoms with Gasteiger partial charge in [-0.25, -0.2) is 9.78 Å². The van der Waals surface area contributed by atoms with E-state index in [-0.39, 0.29) is 6.54 Å². The molecule has 7 nitrogen and oxygen atoms in total. The van der Waals surface area contributed by atoms with Crippen molar-refractivity contribution in [2.24, 2.45) is 11.8 Å². The first-order chi connectivity index (χ1) is 10.9. The van der Waals surface area contributed by atoms with Gasteiger partial charge in [-0.05, 0) is 6.07 Å². The minimum Gasteiger partial charge on any atom is -0.396 e. The van der Waals surface area contributed by atoms with Gasteiger partial charge < -0.3 is 10.0 Å². The van der Waals surface area contributed by atoms with Crippen molar-refractivity contribution in [3.63, 3.8) is 0 Å². The molecule has 2 aromatic rings. The molecule has 2 atom stereocenters. The van der Waals surface area contributed by atoms with Gasteiger partial charge in [0.15, 0.2) is 5.65 Å². The molecular formula is C13H14F3N5O2. The molecule has 0 spiro atoms. The Kier molecular flexibility index (Phi) is 3.84. The number of aromatic nitrogens is 3. The minimum absolute atomic E-state index is 0.153. The van der Waals surface area contributed by atoms with Crippen LogP contribution in [0.5, 0.6) is 0 Å². The zero-order valence-corrected chi connectivity index (χ0v) is 11.9. The zero-order chi connectivity index (χ0) is 16.6. The molecule has 0 radical (unpaired) electrons. The number of aliphatic hydroxyl groups is 1. The number of aliphatic hydroxyl groups excluding tert-OH is 1. The third-order valence-electron chi connectivity index (χ3n) is 3.91. The van der Waals surface area contributed by atoms with E-state index in [1.54, 1.807) is 6.07 Å². The summed E-state index contributed by atoms with van der Waals surface area (Å²) in [5, 5.41) is 15.6. The lowest BCUT2D eigenvalue weighted by Gasteiger charge is -2.19. The van der Waals surface area contributed by atoms with Crippen molar-refractivity contribution in [3.05, 3.63) is 24.5 Å². The van der Waals surface area contributed by atoms with Crippen LogP contribution in [-0.4, -0.2) is 56.5 Å². The van der Waals surface area contributed by atoms with Gasteiger partial charge in [-0.1, -0.05) is 0 Å². The quantitative estimate of drug-likeness (QED) is 0.872. The molecule has 0 bridgehead atoms. The van der Waals surface area contributed by atoms with E-state index in [1.807, 2.05) is 0 Å². The van der Waals surface area contributed by atoms with E-state index >= 15 is 0 Å². The van der Waals surface area contributed by atoms with Gasteiger partial charge in [0.05, 0.1) is 12.1 Å². The smallest absolute Gasteiger partial charge is 0.393 e. The zero-order valence-electron chi connectivity index (χ0n) is 11.9. The molecule has 2 amide bonds. The number of hydrogen-bond acceptors (Lipinski definition) is 4. The first-order valence-electron chi connectivity index (χ1n) is 6.92. The highest BCUT2D eigenvalue weighted by molar-refractivity contribution is 5.88. The standard InChI is InChI=1S/C13H14F3N5O2/c14-13(15,16)9-6-20(5-8(9)7-22)12(23)19-11-1-3-17-10-2-4-18-21(10)11/h1-4,8-9,22H,5-7H2,(H,19,23)/t8-,9+/m0/s1. The van der Waals surface area contributed by atoms with E-state index in [0.29, 0.717) is 11.5 Å². The monoisotopic (exact) mass is 329 g/mol. The molecular weight excluding hydrogens is 315 g/mol. The van der Waals surface area contributed by atoms with Gasteiger partial charge in [0, 0.05) is 37.9 Å². The highest BCUT2D eigenvalue weighted by Gasteiger charge is 2.50. The molecule has 0 aliphatic carbocycles. The maximum absolute atomic E-state index is 12.9. The molecule has 124 valence electrons. The van der Waals surface area contributed by atoms with Crippen LogP contribution in [0.2, 0.25) is 0 Å². The number of hydrogen-bond donors (Lipinski definition) is 2. The van der Waals surface area contributed by atoms with Crippen molar-refractivity contribution in [3.8, 4) is 0 Å². The van der Waals surface area contributed by atoms with E-state index < -0.39 is 37.2 Å². The summed E-state index contributed by atoms with van der Waals surface area (Å²) < 4.78 is 40.2. The van der Waals surface area contributed by atoms with Crippen molar-refractivity contribution in [2.45, 2.75) is 6.18 Å². The largest absolute Gasteiger partial charge is 0.396 e. The van der Waals surface area contributed by atoms with E-state index in [1.165, 1.54) is 23.0 Å². The van der Waals surface area contributed by atoms with E-state index in [2.05, 4.69) is 15.4 Å². The number of fused-ring (bicyclic) bond motifs is 1. The Balaban J connectivity index is 1.75. The molecule has 10 heteroatoms. The van der Waals surface area contributed by atoms with Crippen molar-refractivity contribution in [1.29, 1.82) is 0 Å². The average Bonchev–Trinajstić information content (AvgIpc) is 3.13. The van der Waals surface area contributed by atoms with Gasteiger partial charge in [-0.3, -0.25) is 5.32 Å². The van der Waals surface area contributed by atoms with Crippen LogP contribution in [-0.2, 0) is 0 Å². The van der Waals surface area contributed by atoms with Gasteiger partial charge in [-0.2, -0.15) is 22.8 Å². The number of alkyl halides is 3. The number of anilines is 1. The molecule has 2 N–H and O–H groups in total. The molecule has 3 heterocycles. The maximum atomic E-state index is 12.9. The number of carbonyl (C=O) groups is 1.